The van der Waals surface area contributed by atoms with Crippen molar-refractivity contribution in [2.45, 2.75) is 38.0 Å². The first-order valence-electron chi connectivity index (χ1n) is 13.3. The summed E-state index contributed by atoms with van der Waals surface area (Å²) in [6, 6.07) is 5.24. The minimum absolute atomic E-state index is 0.0331. The van der Waals surface area contributed by atoms with E-state index in [4.69, 9.17) is 32.5 Å². The van der Waals surface area contributed by atoms with Crippen molar-refractivity contribution < 1.29 is 23.9 Å². The van der Waals surface area contributed by atoms with Gasteiger partial charge in [-0.1, -0.05) is 11.6 Å². The number of primary amides is 1. The molecule has 0 aliphatic carbocycles. The number of esters is 1. The minimum Gasteiger partial charge on any atom is -0.457 e. The Kier molecular flexibility index (Phi) is 9.84. The molecule has 44 heavy (non-hydrogen) atoms. The lowest BCUT2D eigenvalue weighted by molar-refractivity contribution is -0.153. The van der Waals surface area contributed by atoms with Crippen LogP contribution in [0.25, 0.3) is 5.65 Å². The molecule has 4 rings (SSSR count). The zero-order chi connectivity index (χ0) is 32.0. The number of anilines is 4. The first-order valence-corrected chi connectivity index (χ1v) is 13.7. The van der Waals surface area contributed by atoms with Gasteiger partial charge in [0, 0.05) is 13.1 Å². The smallest absolute Gasteiger partial charge is 0.407 e. The van der Waals surface area contributed by atoms with Gasteiger partial charge in [-0.05, 0) is 25.5 Å². The number of ether oxygens (including phenoxy) is 2. The van der Waals surface area contributed by atoms with Gasteiger partial charge in [-0.25, -0.2) is 9.78 Å². The molecule has 17 nitrogen and oxygen atoms in total. The van der Waals surface area contributed by atoms with Crippen LogP contribution < -0.4 is 32.3 Å². The zero-order valence-electron chi connectivity index (χ0n) is 23.7. The molecule has 0 radical (unpaired) electrons. The van der Waals surface area contributed by atoms with Gasteiger partial charge in [-0.15, -0.1) is 5.10 Å². The number of benzene rings is 1. The molecular formula is C26H29ClN12O5. The van der Waals surface area contributed by atoms with E-state index in [-0.39, 0.29) is 40.9 Å². The van der Waals surface area contributed by atoms with Crippen LogP contribution in [-0.2, 0) is 19.1 Å². The number of aromatic nitrogens is 4. The summed E-state index contributed by atoms with van der Waals surface area (Å²) in [7, 11) is 1.20. The summed E-state index contributed by atoms with van der Waals surface area (Å²) >= 11 is 6.86. The molecule has 2 aromatic heterocycles. The van der Waals surface area contributed by atoms with Crippen molar-refractivity contribution >= 4 is 58.4 Å². The number of halogens is 1. The number of rotatable bonds is 10. The number of alkyl carbamates (subject to hydrolysis) is 1. The number of carbonyl (C=O) groups is 3. The van der Waals surface area contributed by atoms with Gasteiger partial charge in [-0.3, -0.25) is 9.59 Å². The molecular weight excluding hydrogens is 596 g/mol. The van der Waals surface area contributed by atoms with E-state index >= 15 is 0 Å². The number of piperidine rings is 1. The van der Waals surface area contributed by atoms with Crippen molar-refractivity contribution in [3.63, 3.8) is 0 Å². The van der Waals surface area contributed by atoms with E-state index in [1.807, 2.05) is 13.0 Å². The lowest BCUT2D eigenvalue weighted by atomic mass is 10.00. The molecule has 3 atom stereocenters. The number of imidazole rings is 1. The molecule has 0 saturated carbocycles. The maximum Gasteiger partial charge on any atom is 0.407 e. The van der Waals surface area contributed by atoms with Crippen LogP contribution in [0.15, 0.2) is 18.3 Å². The second-order valence-corrected chi connectivity index (χ2v) is 10.0. The number of amides is 2. The highest BCUT2D eigenvalue weighted by Gasteiger charge is 2.36. The van der Waals surface area contributed by atoms with Crippen molar-refractivity contribution in [2.75, 3.05) is 42.3 Å². The van der Waals surface area contributed by atoms with Crippen LogP contribution in [0.4, 0.5) is 27.9 Å². The summed E-state index contributed by atoms with van der Waals surface area (Å²) in [4.78, 5) is 46.4. The van der Waals surface area contributed by atoms with E-state index in [9.17, 15) is 24.9 Å². The molecule has 1 aliphatic rings. The molecule has 1 saturated heterocycles. The number of fused-ring (bicyclic) bond motifs is 1. The fraction of sp³-hybridized carbons (Fsp3) is 0.385. The van der Waals surface area contributed by atoms with Crippen molar-refractivity contribution in [3.8, 4) is 12.1 Å². The van der Waals surface area contributed by atoms with E-state index in [1.165, 1.54) is 23.9 Å². The number of hydrogen-bond acceptors (Lipinski definition) is 14. The monoisotopic (exact) mass is 624 g/mol. The van der Waals surface area contributed by atoms with Crippen LogP contribution in [0, 0.1) is 22.7 Å². The van der Waals surface area contributed by atoms with Gasteiger partial charge >= 0.3 is 12.1 Å². The van der Waals surface area contributed by atoms with Gasteiger partial charge in [-0.2, -0.15) is 20.0 Å². The maximum atomic E-state index is 12.7. The Morgan fingerprint density at radius 3 is 2.70 bits per heavy atom. The standard InChI is InChI=1S/C26H29ClN12O5/c1-3-32-22-23-33-11-14(10-29)39(23)37-25(36-22)34-17-6-13(9-28)7-18(21(17)27)38-5-4-16(35-26(42)43-2)19(12-38)44-24(41)15(30)8-20(31)40/h6-7,11,15-16,19H,3-5,8,12,30H2,1-2H3,(H2,31,40)(H,35,42)(H2,32,34,36,37). The van der Waals surface area contributed by atoms with Gasteiger partial charge in [0.25, 0.3) is 0 Å². The largest absolute Gasteiger partial charge is 0.457 e. The van der Waals surface area contributed by atoms with E-state index in [1.54, 1.807) is 11.0 Å². The lowest BCUT2D eigenvalue weighted by Crippen LogP contribution is -2.56. The molecule has 230 valence electrons. The van der Waals surface area contributed by atoms with Crippen LogP contribution >= 0.6 is 11.6 Å². The third-order valence-corrected chi connectivity index (χ3v) is 7.03. The molecule has 3 heterocycles. The third-order valence-electron chi connectivity index (χ3n) is 6.63. The molecule has 0 bridgehead atoms. The Morgan fingerprint density at radius 1 is 1.27 bits per heavy atom. The predicted molar refractivity (Wildman–Crippen MR) is 157 cm³/mol. The Balaban J connectivity index is 1.67. The van der Waals surface area contributed by atoms with Gasteiger partial charge < -0.3 is 41.8 Å². The molecule has 3 aromatic rings. The Morgan fingerprint density at radius 2 is 2.05 bits per heavy atom. The summed E-state index contributed by atoms with van der Waals surface area (Å²) in [5, 5.41) is 32.6. The molecule has 1 fully saturated rings. The molecule has 18 heteroatoms. The second kappa shape index (κ2) is 13.7. The highest BCUT2D eigenvalue weighted by Crippen LogP contribution is 2.37. The highest BCUT2D eigenvalue weighted by molar-refractivity contribution is 6.36. The van der Waals surface area contributed by atoms with Crippen molar-refractivity contribution in [1.82, 2.24) is 24.9 Å². The Labute approximate surface area is 256 Å². The van der Waals surface area contributed by atoms with E-state index < -0.39 is 42.6 Å². The first kappa shape index (κ1) is 31.5. The predicted octanol–water partition coefficient (Wildman–Crippen LogP) is 0.746. The summed E-state index contributed by atoms with van der Waals surface area (Å²) in [5.74, 6) is -1.21. The average Bonchev–Trinajstić information content (AvgIpc) is 3.42. The van der Waals surface area contributed by atoms with Gasteiger partial charge in [0.2, 0.25) is 11.9 Å². The molecule has 1 aromatic carbocycles. The number of nitrogens with zero attached hydrogens (tertiary/aromatic N) is 7. The number of nitrogens with one attached hydrogen (secondary N) is 3. The van der Waals surface area contributed by atoms with Crippen LogP contribution in [0.3, 0.4) is 0 Å². The van der Waals surface area contributed by atoms with E-state index in [0.29, 0.717) is 30.2 Å². The average molecular weight is 625 g/mol. The second-order valence-electron chi connectivity index (χ2n) is 9.63. The number of nitriles is 2. The topological polar surface area (TPSA) is 252 Å². The normalized spacial score (nSPS) is 16.7. The van der Waals surface area contributed by atoms with Crippen molar-refractivity contribution in [2.24, 2.45) is 11.5 Å². The Hall–Kier alpha value is -5.39. The molecule has 0 spiro atoms. The summed E-state index contributed by atoms with van der Waals surface area (Å²) in [5.41, 5.74) is 12.4. The maximum absolute atomic E-state index is 12.7. The molecule has 3 unspecified atom stereocenters. The number of methoxy groups -OCH3 is 1. The quantitative estimate of drug-likeness (QED) is 0.195. The van der Waals surface area contributed by atoms with Gasteiger partial charge in [0.05, 0.1) is 60.3 Å². The Bertz CT molecular complexity index is 1670. The van der Waals surface area contributed by atoms with Crippen LogP contribution in [0.2, 0.25) is 5.02 Å². The van der Waals surface area contributed by atoms with Crippen molar-refractivity contribution in [3.05, 3.63) is 34.6 Å². The summed E-state index contributed by atoms with van der Waals surface area (Å²) in [6.07, 6.45) is -0.427. The van der Waals surface area contributed by atoms with Crippen LogP contribution in [0.1, 0.15) is 31.0 Å². The lowest BCUT2D eigenvalue weighted by Gasteiger charge is -2.40. The molecule has 1 aliphatic heterocycles. The SMILES string of the molecule is CCNc1nc(Nc2cc(C#N)cc(N3CCC(NC(=O)OC)C(OC(=O)C(N)CC(N)=O)C3)c2Cl)nn2c(C#N)cnc12. The third kappa shape index (κ3) is 6.97. The summed E-state index contributed by atoms with van der Waals surface area (Å²) < 4.78 is 11.6. The van der Waals surface area contributed by atoms with Crippen LogP contribution in [-0.4, -0.2) is 82.5 Å². The molecule has 7 N–H and O–H groups in total. The van der Waals surface area contributed by atoms with Crippen LogP contribution in [0.5, 0.6) is 0 Å². The van der Waals surface area contributed by atoms with E-state index in [2.05, 4.69) is 37.1 Å². The van der Waals surface area contributed by atoms with Crippen molar-refractivity contribution in [1.29, 1.82) is 10.5 Å². The summed E-state index contributed by atoms with van der Waals surface area (Å²) in [6.45, 7) is 2.76. The van der Waals surface area contributed by atoms with Gasteiger partial charge in [0.1, 0.15) is 18.2 Å². The number of carbonyl (C=O) groups excluding carboxylic acids is 3. The van der Waals surface area contributed by atoms with E-state index in [0.717, 1.165) is 0 Å². The minimum atomic E-state index is -1.30. The fourth-order valence-corrected chi connectivity index (χ4v) is 4.85. The zero-order valence-corrected chi connectivity index (χ0v) is 24.5. The number of hydrogen-bond donors (Lipinski definition) is 5. The van der Waals surface area contributed by atoms with Gasteiger partial charge in [0.15, 0.2) is 17.2 Å². The first-order chi connectivity index (χ1) is 21.1. The highest BCUT2D eigenvalue weighted by atomic mass is 35.5. The number of nitrogens with two attached hydrogens (primary N) is 2. The molecule has 2 amide bonds. The fourth-order valence-electron chi connectivity index (χ4n) is 4.58.